The molecule has 0 aliphatic carbocycles. The number of hydrogen-bond acceptors (Lipinski definition) is 2. The average Bonchev–Trinajstić information content (AvgIpc) is 2.79. The molecular weight excluding hydrogens is 304 g/mol. The van der Waals surface area contributed by atoms with Crippen molar-refractivity contribution in [2.75, 3.05) is 11.9 Å². The van der Waals surface area contributed by atoms with Crippen LogP contribution in [0, 0.1) is 0 Å². The molecule has 2 rings (SSSR count). The monoisotopic (exact) mass is 326 g/mol. The van der Waals surface area contributed by atoms with Gasteiger partial charge in [0.1, 0.15) is 0 Å². The van der Waals surface area contributed by atoms with E-state index in [0.717, 1.165) is 23.7 Å². The summed E-state index contributed by atoms with van der Waals surface area (Å²) in [5.41, 5.74) is 2.49. The molecule has 0 aromatic heterocycles. The van der Waals surface area contributed by atoms with Gasteiger partial charge >= 0.3 is 0 Å². The fourth-order valence-electron chi connectivity index (χ4n) is 2.49. The third kappa shape index (κ3) is 3.39. The molecule has 106 valence electrons. The molecule has 0 amide bonds. The van der Waals surface area contributed by atoms with Gasteiger partial charge in [0.25, 0.3) is 0 Å². The molecule has 1 fully saturated rings. The predicted octanol–water partition coefficient (Wildman–Crippen LogP) is 4.57. The van der Waals surface area contributed by atoms with E-state index >= 15 is 0 Å². The Morgan fingerprint density at radius 1 is 1.32 bits per heavy atom. The summed E-state index contributed by atoms with van der Waals surface area (Å²) in [6.45, 7) is 7.16. The second-order valence-corrected chi connectivity index (χ2v) is 6.35. The van der Waals surface area contributed by atoms with Crippen LogP contribution in [0.25, 0.3) is 0 Å². The van der Waals surface area contributed by atoms with Crippen molar-refractivity contribution in [3.8, 4) is 0 Å². The van der Waals surface area contributed by atoms with E-state index < -0.39 is 5.79 Å². The maximum absolute atomic E-state index is 6.09. The summed E-state index contributed by atoms with van der Waals surface area (Å²) < 4.78 is 12.1. The van der Waals surface area contributed by atoms with E-state index in [1.165, 1.54) is 5.56 Å². The molecule has 0 saturated carbocycles. The standard InChI is InChI=1S/C16H23BrO2/c1-12(2)14-5-7-15(8-6-14)16(9-4-10-17)18-11-13(3)19-16/h5-8,12-13H,4,9-11H2,1-3H3. The van der Waals surface area contributed by atoms with Crippen LogP contribution in [-0.4, -0.2) is 18.0 Å². The topological polar surface area (TPSA) is 18.5 Å². The fraction of sp³-hybridized carbons (Fsp3) is 0.625. The van der Waals surface area contributed by atoms with Gasteiger partial charge in [-0.2, -0.15) is 0 Å². The van der Waals surface area contributed by atoms with Gasteiger partial charge in [0.05, 0.1) is 12.7 Å². The Bertz CT molecular complexity index is 402. The zero-order valence-electron chi connectivity index (χ0n) is 12.0. The van der Waals surface area contributed by atoms with Crippen molar-refractivity contribution < 1.29 is 9.47 Å². The molecule has 0 radical (unpaired) electrons. The Morgan fingerprint density at radius 3 is 2.47 bits per heavy atom. The van der Waals surface area contributed by atoms with Crippen molar-refractivity contribution >= 4 is 15.9 Å². The molecule has 1 aliphatic rings. The summed E-state index contributed by atoms with van der Waals surface area (Å²) in [7, 11) is 0. The van der Waals surface area contributed by atoms with Crippen LogP contribution in [0.15, 0.2) is 24.3 Å². The van der Waals surface area contributed by atoms with Gasteiger partial charge in [-0.15, -0.1) is 0 Å². The lowest BCUT2D eigenvalue weighted by Gasteiger charge is -2.28. The molecule has 3 heteroatoms. The highest BCUT2D eigenvalue weighted by molar-refractivity contribution is 9.09. The van der Waals surface area contributed by atoms with Crippen molar-refractivity contribution in [3.63, 3.8) is 0 Å². The second-order valence-electron chi connectivity index (χ2n) is 5.56. The SMILES string of the molecule is CC1COC(CCCBr)(c2ccc(C(C)C)cc2)O1. The Morgan fingerprint density at radius 2 is 2.00 bits per heavy atom. The smallest absolute Gasteiger partial charge is 0.195 e. The van der Waals surface area contributed by atoms with Crippen LogP contribution in [0.4, 0.5) is 0 Å². The van der Waals surface area contributed by atoms with Crippen molar-refractivity contribution in [1.82, 2.24) is 0 Å². The molecule has 2 unspecified atom stereocenters. The molecule has 0 N–H and O–H groups in total. The van der Waals surface area contributed by atoms with Gasteiger partial charge in [0, 0.05) is 17.3 Å². The number of halogens is 1. The number of benzene rings is 1. The van der Waals surface area contributed by atoms with E-state index in [4.69, 9.17) is 9.47 Å². The third-order valence-corrected chi connectivity index (χ3v) is 4.16. The number of alkyl halides is 1. The second kappa shape index (κ2) is 6.38. The molecule has 0 bridgehead atoms. The lowest BCUT2D eigenvalue weighted by Crippen LogP contribution is -2.28. The first kappa shape index (κ1) is 15.0. The van der Waals surface area contributed by atoms with Crippen LogP contribution >= 0.6 is 15.9 Å². The Labute approximate surface area is 124 Å². The first-order valence-electron chi connectivity index (χ1n) is 7.05. The zero-order valence-corrected chi connectivity index (χ0v) is 13.6. The molecule has 1 aromatic rings. The normalized spacial score (nSPS) is 27.1. The number of hydrogen-bond donors (Lipinski definition) is 0. The van der Waals surface area contributed by atoms with Crippen molar-refractivity contribution in [3.05, 3.63) is 35.4 Å². The summed E-state index contributed by atoms with van der Waals surface area (Å²) in [6.07, 6.45) is 2.10. The van der Waals surface area contributed by atoms with E-state index in [0.29, 0.717) is 12.5 Å². The quantitative estimate of drug-likeness (QED) is 0.738. The summed E-state index contributed by atoms with van der Waals surface area (Å²) >= 11 is 3.49. The van der Waals surface area contributed by atoms with Crippen molar-refractivity contribution in [2.45, 2.75) is 51.4 Å². The largest absolute Gasteiger partial charge is 0.343 e. The van der Waals surface area contributed by atoms with Gasteiger partial charge in [-0.1, -0.05) is 54.0 Å². The summed E-state index contributed by atoms with van der Waals surface area (Å²) in [5.74, 6) is 0.0137. The van der Waals surface area contributed by atoms with Crippen LogP contribution in [0.5, 0.6) is 0 Å². The van der Waals surface area contributed by atoms with Crippen LogP contribution in [0.3, 0.4) is 0 Å². The molecule has 0 spiro atoms. The van der Waals surface area contributed by atoms with Crippen LogP contribution in [0.2, 0.25) is 0 Å². The van der Waals surface area contributed by atoms with Gasteiger partial charge in [0.15, 0.2) is 5.79 Å². The molecule has 2 atom stereocenters. The highest BCUT2D eigenvalue weighted by atomic mass is 79.9. The molecule has 1 aromatic carbocycles. The van der Waals surface area contributed by atoms with Crippen molar-refractivity contribution in [1.29, 1.82) is 0 Å². The van der Waals surface area contributed by atoms with Crippen LogP contribution in [0.1, 0.15) is 50.7 Å². The highest BCUT2D eigenvalue weighted by Crippen LogP contribution is 2.38. The fourth-order valence-corrected chi connectivity index (χ4v) is 2.77. The summed E-state index contributed by atoms with van der Waals surface area (Å²) in [6, 6.07) is 8.68. The van der Waals surface area contributed by atoms with E-state index in [9.17, 15) is 0 Å². The minimum Gasteiger partial charge on any atom is -0.343 e. The summed E-state index contributed by atoms with van der Waals surface area (Å²) in [4.78, 5) is 0. The maximum atomic E-state index is 6.09. The molecule has 1 saturated heterocycles. The lowest BCUT2D eigenvalue weighted by atomic mass is 9.96. The third-order valence-electron chi connectivity index (χ3n) is 3.60. The first-order valence-corrected chi connectivity index (χ1v) is 8.18. The molecular formula is C16H23BrO2. The van der Waals surface area contributed by atoms with Gasteiger partial charge in [-0.3, -0.25) is 0 Å². The van der Waals surface area contributed by atoms with Gasteiger partial charge < -0.3 is 9.47 Å². The van der Waals surface area contributed by atoms with E-state index in [-0.39, 0.29) is 6.10 Å². The minimum absolute atomic E-state index is 0.167. The van der Waals surface area contributed by atoms with E-state index in [1.807, 2.05) is 0 Å². The highest BCUT2D eigenvalue weighted by Gasteiger charge is 2.41. The van der Waals surface area contributed by atoms with Crippen LogP contribution < -0.4 is 0 Å². The van der Waals surface area contributed by atoms with Crippen LogP contribution in [-0.2, 0) is 15.3 Å². The Kier molecular flexibility index (Phi) is 5.04. The average molecular weight is 327 g/mol. The van der Waals surface area contributed by atoms with Gasteiger partial charge in [0.2, 0.25) is 0 Å². The van der Waals surface area contributed by atoms with E-state index in [2.05, 4.69) is 61.0 Å². The predicted molar refractivity (Wildman–Crippen MR) is 81.7 cm³/mol. The number of rotatable bonds is 5. The van der Waals surface area contributed by atoms with Crippen molar-refractivity contribution in [2.24, 2.45) is 0 Å². The zero-order chi connectivity index (χ0) is 13.9. The summed E-state index contributed by atoms with van der Waals surface area (Å²) in [5, 5.41) is 0.972. The molecule has 19 heavy (non-hydrogen) atoms. The Balaban J connectivity index is 2.23. The van der Waals surface area contributed by atoms with Gasteiger partial charge in [-0.25, -0.2) is 0 Å². The lowest BCUT2D eigenvalue weighted by molar-refractivity contribution is -0.180. The van der Waals surface area contributed by atoms with Gasteiger partial charge in [-0.05, 0) is 24.8 Å². The first-order chi connectivity index (χ1) is 9.07. The molecule has 2 nitrogen and oxygen atoms in total. The maximum Gasteiger partial charge on any atom is 0.195 e. The molecule has 1 heterocycles. The Hall–Kier alpha value is -0.380. The van der Waals surface area contributed by atoms with E-state index in [1.54, 1.807) is 0 Å². The molecule has 1 aliphatic heterocycles. The minimum atomic E-state index is -0.539. The number of ether oxygens (including phenoxy) is 2.